The number of rotatable bonds is 4. The first-order chi connectivity index (χ1) is 9.22. The minimum absolute atomic E-state index is 0.114. The topological polar surface area (TPSA) is 44.4 Å². The van der Waals surface area contributed by atoms with E-state index in [2.05, 4.69) is 40.7 Å². The average molecular weight is 259 g/mol. The lowest BCUT2D eigenvalue weighted by Gasteiger charge is -2.29. The zero-order valence-corrected chi connectivity index (χ0v) is 11.4. The van der Waals surface area contributed by atoms with Gasteiger partial charge in [-0.1, -0.05) is 6.07 Å². The summed E-state index contributed by atoms with van der Waals surface area (Å²) in [6.45, 7) is 5.21. The van der Waals surface area contributed by atoms with Crippen LogP contribution >= 0.6 is 0 Å². The Bertz CT molecular complexity index is 482. The molecule has 1 aromatic carbocycles. The molecule has 0 bridgehead atoms. The molecule has 1 amide bonds. The van der Waals surface area contributed by atoms with Gasteiger partial charge >= 0.3 is 0 Å². The molecule has 2 fully saturated rings. The molecule has 0 spiro atoms. The number of nitrogens with zero attached hydrogens (tertiary/aromatic N) is 1. The summed E-state index contributed by atoms with van der Waals surface area (Å²) < 4.78 is 0. The predicted octanol–water partition coefficient (Wildman–Crippen LogP) is 1.18. The van der Waals surface area contributed by atoms with Gasteiger partial charge in [0.15, 0.2) is 0 Å². The molecule has 0 aromatic heterocycles. The van der Waals surface area contributed by atoms with Crippen LogP contribution in [0.25, 0.3) is 0 Å². The molecule has 1 saturated carbocycles. The fourth-order valence-electron chi connectivity index (χ4n) is 2.48. The molecule has 1 aliphatic carbocycles. The van der Waals surface area contributed by atoms with Crippen molar-refractivity contribution in [3.63, 3.8) is 0 Å². The minimum atomic E-state index is 0.114. The molecule has 0 unspecified atom stereocenters. The predicted molar refractivity (Wildman–Crippen MR) is 76.3 cm³/mol. The molecule has 1 heterocycles. The van der Waals surface area contributed by atoms with E-state index in [4.69, 9.17) is 0 Å². The van der Waals surface area contributed by atoms with Crippen molar-refractivity contribution in [2.24, 2.45) is 0 Å². The van der Waals surface area contributed by atoms with Crippen molar-refractivity contribution in [3.05, 3.63) is 29.3 Å². The monoisotopic (exact) mass is 259 g/mol. The Morgan fingerprint density at radius 3 is 2.95 bits per heavy atom. The van der Waals surface area contributed by atoms with E-state index in [1.165, 1.54) is 24.0 Å². The van der Waals surface area contributed by atoms with Crippen LogP contribution in [-0.4, -0.2) is 31.6 Å². The van der Waals surface area contributed by atoms with E-state index in [1.807, 2.05) is 0 Å². The quantitative estimate of drug-likeness (QED) is 0.853. The Balaban J connectivity index is 1.68. The summed E-state index contributed by atoms with van der Waals surface area (Å²) in [5.74, 6) is 0.114. The first kappa shape index (κ1) is 12.5. The maximum absolute atomic E-state index is 11.4. The first-order valence-electron chi connectivity index (χ1n) is 7.07. The Labute approximate surface area is 114 Å². The van der Waals surface area contributed by atoms with Crippen LogP contribution in [0, 0.1) is 6.92 Å². The number of aryl methyl sites for hydroxylation is 1. The highest BCUT2D eigenvalue weighted by Gasteiger charge is 2.20. The summed E-state index contributed by atoms with van der Waals surface area (Å²) in [6, 6.07) is 7.26. The maximum Gasteiger partial charge on any atom is 0.239 e. The second-order valence-electron chi connectivity index (χ2n) is 5.54. The highest BCUT2D eigenvalue weighted by Crippen LogP contribution is 2.22. The van der Waals surface area contributed by atoms with Crippen molar-refractivity contribution >= 4 is 11.6 Å². The van der Waals surface area contributed by atoms with Gasteiger partial charge in [-0.2, -0.15) is 0 Å². The number of carbonyl (C=O) groups is 1. The van der Waals surface area contributed by atoms with Gasteiger partial charge in [-0.3, -0.25) is 4.79 Å². The molecular weight excluding hydrogens is 238 g/mol. The fraction of sp³-hybridized carbons (Fsp3) is 0.533. The highest BCUT2D eigenvalue weighted by molar-refractivity contribution is 5.82. The Morgan fingerprint density at radius 2 is 2.26 bits per heavy atom. The molecule has 0 atom stereocenters. The molecule has 3 rings (SSSR count). The van der Waals surface area contributed by atoms with Crippen molar-refractivity contribution in [1.82, 2.24) is 10.6 Å². The lowest BCUT2D eigenvalue weighted by atomic mass is 10.1. The van der Waals surface area contributed by atoms with Crippen LogP contribution in [0.2, 0.25) is 0 Å². The van der Waals surface area contributed by atoms with E-state index < -0.39 is 0 Å². The largest absolute Gasteiger partial charge is 0.360 e. The van der Waals surface area contributed by atoms with E-state index in [-0.39, 0.29) is 5.91 Å². The molecule has 0 radical (unpaired) electrons. The number of benzene rings is 1. The van der Waals surface area contributed by atoms with Gasteiger partial charge in [0, 0.05) is 31.4 Å². The van der Waals surface area contributed by atoms with E-state index in [0.717, 1.165) is 31.4 Å². The zero-order chi connectivity index (χ0) is 13.2. The van der Waals surface area contributed by atoms with Gasteiger partial charge in [-0.25, -0.2) is 0 Å². The van der Waals surface area contributed by atoms with Gasteiger partial charge < -0.3 is 15.5 Å². The minimum Gasteiger partial charge on any atom is -0.360 e. The van der Waals surface area contributed by atoms with Crippen molar-refractivity contribution in [1.29, 1.82) is 0 Å². The van der Waals surface area contributed by atoms with Gasteiger partial charge in [-0.05, 0) is 43.0 Å². The van der Waals surface area contributed by atoms with Crippen LogP contribution in [0.1, 0.15) is 24.0 Å². The Kier molecular flexibility index (Phi) is 3.42. The number of hydrogen-bond donors (Lipinski definition) is 2. The molecule has 102 valence electrons. The second kappa shape index (κ2) is 5.21. The van der Waals surface area contributed by atoms with E-state index >= 15 is 0 Å². The molecule has 19 heavy (non-hydrogen) atoms. The van der Waals surface area contributed by atoms with Crippen LogP contribution < -0.4 is 15.5 Å². The van der Waals surface area contributed by atoms with Gasteiger partial charge in [-0.15, -0.1) is 0 Å². The third-order valence-corrected chi connectivity index (χ3v) is 3.89. The number of piperazine rings is 1. The average Bonchev–Trinajstić information content (AvgIpc) is 3.21. The molecule has 1 aliphatic heterocycles. The number of hydrogen-bond acceptors (Lipinski definition) is 3. The van der Waals surface area contributed by atoms with Gasteiger partial charge in [0.25, 0.3) is 0 Å². The third kappa shape index (κ3) is 3.07. The van der Waals surface area contributed by atoms with Crippen molar-refractivity contribution in [2.75, 3.05) is 24.5 Å². The number of anilines is 1. The summed E-state index contributed by atoms with van der Waals surface area (Å²) in [4.78, 5) is 13.6. The van der Waals surface area contributed by atoms with Crippen LogP contribution in [0.15, 0.2) is 18.2 Å². The van der Waals surface area contributed by atoms with Crippen LogP contribution in [0.5, 0.6) is 0 Å². The Hall–Kier alpha value is -1.55. The summed E-state index contributed by atoms with van der Waals surface area (Å²) in [6.07, 6.45) is 2.64. The first-order valence-corrected chi connectivity index (χ1v) is 7.07. The van der Waals surface area contributed by atoms with Gasteiger partial charge in [0.05, 0.1) is 6.54 Å². The third-order valence-electron chi connectivity index (χ3n) is 3.89. The van der Waals surface area contributed by atoms with Gasteiger partial charge in [0.1, 0.15) is 0 Å². The van der Waals surface area contributed by atoms with Gasteiger partial charge in [0.2, 0.25) is 5.91 Å². The molecular formula is C15H21N3O. The van der Waals surface area contributed by atoms with Crippen molar-refractivity contribution in [3.8, 4) is 0 Å². The van der Waals surface area contributed by atoms with Crippen LogP contribution in [-0.2, 0) is 11.3 Å². The van der Waals surface area contributed by atoms with Crippen molar-refractivity contribution < 1.29 is 4.79 Å². The molecule has 4 heteroatoms. The smallest absolute Gasteiger partial charge is 0.239 e. The lowest BCUT2D eigenvalue weighted by molar-refractivity contribution is -0.120. The molecule has 2 aliphatic rings. The summed E-state index contributed by atoms with van der Waals surface area (Å²) in [7, 11) is 0. The molecule has 2 N–H and O–H groups in total. The second-order valence-corrected chi connectivity index (χ2v) is 5.54. The molecule has 1 aromatic rings. The van der Waals surface area contributed by atoms with Crippen LogP contribution in [0.3, 0.4) is 0 Å². The molecule has 4 nitrogen and oxygen atoms in total. The SMILES string of the molecule is Cc1cc(N2CCNC(=O)C2)ccc1CNC1CC1. The van der Waals surface area contributed by atoms with Crippen LogP contribution in [0.4, 0.5) is 5.69 Å². The van der Waals surface area contributed by atoms with E-state index in [1.54, 1.807) is 0 Å². The maximum atomic E-state index is 11.4. The standard InChI is InChI=1S/C15H21N3O/c1-11-8-14(18-7-6-16-15(19)10-18)5-2-12(11)9-17-13-3-4-13/h2,5,8,13,17H,3-4,6-7,9-10H2,1H3,(H,16,19). The summed E-state index contributed by atoms with van der Waals surface area (Å²) in [5, 5.41) is 6.40. The summed E-state index contributed by atoms with van der Waals surface area (Å²) >= 11 is 0. The number of nitrogens with one attached hydrogen (secondary N) is 2. The highest BCUT2D eigenvalue weighted by atomic mass is 16.2. The Morgan fingerprint density at radius 1 is 1.42 bits per heavy atom. The van der Waals surface area contributed by atoms with Crippen molar-refractivity contribution in [2.45, 2.75) is 32.4 Å². The number of amides is 1. The van der Waals surface area contributed by atoms with E-state index in [9.17, 15) is 4.79 Å². The van der Waals surface area contributed by atoms with E-state index in [0.29, 0.717) is 6.54 Å². The summed E-state index contributed by atoms with van der Waals surface area (Å²) in [5.41, 5.74) is 3.82. The lowest BCUT2D eigenvalue weighted by Crippen LogP contribution is -2.47. The fourth-order valence-corrected chi connectivity index (χ4v) is 2.48. The number of carbonyl (C=O) groups excluding carboxylic acids is 1. The zero-order valence-electron chi connectivity index (χ0n) is 11.4. The molecule has 1 saturated heterocycles. The normalized spacial score (nSPS) is 19.4.